The molecule has 1 amide bonds. The number of hydrogen-bond acceptors (Lipinski definition) is 2. The highest BCUT2D eigenvalue weighted by molar-refractivity contribution is 9.10. The third-order valence-corrected chi connectivity index (χ3v) is 4.92. The summed E-state index contributed by atoms with van der Waals surface area (Å²) >= 11 is 3.36. The third-order valence-electron chi connectivity index (χ3n) is 4.42. The SMILES string of the molecule is NC(=NCCNC(=O)c1cccc(Br)c1)Nc1cccc2c1CCCC2. The van der Waals surface area contributed by atoms with E-state index in [0.29, 0.717) is 24.6 Å². The minimum absolute atomic E-state index is 0.120. The highest BCUT2D eigenvalue weighted by atomic mass is 79.9. The topological polar surface area (TPSA) is 79.5 Å². The molecule has 4 N–H and O–H groups in total. The Kier molecular flexibility index (Phi) is 6.28. The van der Waals surface area contributed by atoms with Gasteiger partial charge in [0.2, 0.25) is 0 Å². The summed E-state index contributed by atoms with van der Waals surface area (Å²) < 4.78 is 0.878. The maximum atomic E-state index is 12.1. The Morgan fingerprint density at radius 2 is 1.96 bits per heavy atom. The number of rotatable bonds is 5. The molecule has 1 aliphatic carbocycles. The molecule has 2 aromatic rings. The molecule has 0 heterocycles. The smallest absolute Gasteiger partial charge is 0.251 e. The van der Waals surface area contributed by atoms with Crippen molar-refractivity contribution >= 4 is 33.5 Å². The number of aryl methyl sites for hydroxylation is 1. The number of hydrogen-bond donors (Lipinski definition) is 3. The Bertz CT molecular complexity index is 819. The summed E-state index contributed by atoms with van der Waals surface area (Å²) in [6.45, 7) is 0.855. The van der Waals surface area contributed by atoms with Crippen LogP contribution in [0.3, 0.4) is 0 Å². The molecule has 2 aromatic carbocycles. The van der Waals surface area contributed by atoms with Gasteiger partial charge in [0.05, 0.1) is 6.54 Å². The average molecular weight is 415 g/mol. The van der Waals surface area contributed by atoms with E-state index >= 15 is 0 Å². The van der Waals surface area contributed by atoms with E-state index in [4.69, 9.17) is 5.73 Å². The molecule has 0 bridgehead atoms. The van der Waals surface area contributed by atoms with Gasteiger partial charge in [0.1, 0.15) is 0 Å². The summed E-state index contributed by atoms with van der Waals surface area (Å²) in [4.78, 5) is 16.4. The van der Waals surface area contributed by atoms with Gasteiger partial charge in [0.15, 0.2) is 5.96 Å². The molecule has 0 spiro atoms. The van der Waals surface area contributed by atoms with Gasteiger partial charge < -0.3 is 16.4 Å². The van der Waals surface area contributed by atoms with Crippen LogP contribution in [0.4, 0.5) is 5.69 Å². The molecule has 26 heavy (non-hydrogen) atoms. The van der Waals surface area contributed by atoms with Crippen LogP contribution in [0.2, 0.25) is 0 Å². The molecule has 0 saturated carbocycles. The summed E-state index contributed by atoms with van der Waals surface area (Å²) in [6, 6.07) is 13.6. The quantitative estimate of drug-likeness (QED) is 0.398. The van der Waals surface area contributed by atoms with Crippen LogP contribution < -0.4 is 16.4 Å². The minimum Gasteiger partial charge on any atom is -0.370 e. The largest absolute Gasteiger partial charge is 0.370 e. The summed E-state index contributed by atoms with van der Waals surface area (Å²) in [5, 5.41) is 6.05. The first-order chi connectivity index (χ1) is 12.6. The molecule has 5 nitrogen and oxygen atoms in total. The van der Waals surface area contributed by atoms with Gasteiger partial charge in [0.25, 0.3) is 5.91 Å². The highest BCUT2D eigenvalue weighted by Crippen LogP contribution is 2.27. The van der Waals surface area contributed by atoms with Crippen LogP contribution in [0, 0.1) is 0 Å². The van der Waals surface area contributed by atoms with Crippen LogP contribution >= 0.6 is 15.9 Å². The lowest BCUT2D eigenvalue weighted by Crippen LogP contribution is -2.28. The van der Waals surface area contributed by atoms with Crippen molar-refractivity contribution in [3.63, 3.8) is 0 Å². The number of amides is 1. The number of anilines is 1. The lowest BCUT2D eigenvalue weighted by Gasteiger charge is -2.19. The van der Waals surface area contributed by atoms with Crippen LogP contribution in [-0.2, 0) is 12.8 Å². The van der Waals surface area contributed by atoms with Crippen molar-refractivity contribution in [2.45, 2.75) is 25.7 Å². The van der Waals surface area contributed by atoms with E-state index in [1.807, 2.05) is 18.2 Å². The Balaban J connectivity index is 1.51. The van der Waals surface area contributed by atoms with Gasteiger partial charge in [-0.05, 0) is 61.1 Å². The first-order valence-corrected chi connectivity index (χ1v) is 9.64. The van der Waals surface area contributed by atoms with Crippen LogP contribution in [0.1, 0.15) is 34.3 Å². The first-order valence-electron chi connectivity index (χ1n) is 8.85. The van der Waals surface area contributed by atoms with Gasteiger partial charge in [-0.1, -0.05) is 34.1 Å². The lowest BCUT2D eigenvalue weighted by atomic mass is 9.90. The average Bonchev–Trinajstić information content (AvgIpc) is 2.65. The Morgan fingerprint density at radius 1 is 1.15 bits per heavy atom. The first kappa shape index (κ1) is 18.5. The third kappa shape index (κ3) is 4.85. The van der Waals surface area contributed by atoms with Crippen molar-refractivity contribution in [3.05, 3.63) is 63.6 Å². The fourth-order valence-electron chi connectivity index (χ4n) is 3.15. The molecule has 0 atom stereocenters. The standard InChI is InChI=1S/C20H23BrN4O/c21-16-8-3-7-15(13-16)19(26)23-11-12-24-20(22)25-18-10-4-6-14-5-1-2-9-17(14)18/h3-4,6-8,10,13H,1-2,5,9,11-12H2,(H,23,26)(H3,22,24,25). The second kappa shape index (κ2) is 8.85. The molecule has 0 unspecified atom stereocenters. The van der Waals surface area contributed by atoms with Crippen molar-refractivity contribution in [1.82, 2.24) is 5.32 Å². The molecular formula is C20H23BrN4O. The number of carbonyl (C=O) groups is 1. The van der Waals surface area contributed by atoms with Crippen LogP contribution in [-0.4, -0.2) is 25.0 Å². The molecule has 6 heteroatoms. The van der Waals surface area contributed by atoms with Gasteiger partial charge in [-0.25, -0.2) is 0 Å². The zero-order valence-corrected chi connectivity index (χ0v) is 16.2. The van der Waals surface area contributed by atoms with Crippen molar-refractivity contribution in [2.24, 2.45) is 10.7 Å². The molecular weight excluding hydrogens is 392 g/mol. The van der Waals surface area contributed by atoms with Crippen molar-refractivity contribution in [1.29, 1.82) is 0 Å². The number of nitrogens with two attached hydrogens (primary N) is 1. The summed E-state index contributed by atoms with van der Waals surface area (Å²) in [5.41, 5.74) is 10.4. The van der Waals surface area contributed by atoms with Gasteiger partial charge in [0, 0.05) is 22.3 Å². The lowest BCUT2D eigenvalue weighted by molar-refractivity contribution is 0.0954. The van der Waals surface area contributed by atoms with Crippen molar-refractivity contribution in [3.8, 4) is 0 Å². The van der Waals surface area contributed by atoms with Crippen LogP contribution in [0.5, 0.6) is 0 Å². The van der Waals surface area contributed by atoms with Gasteiger partial charge in [-0.15, -0.1) is 0 Å². The van der Waals surface area contributed by atoms with Gasteiger partial charge in [-0.3, -0.25) is 9.79 Å². The number of carbonyl (C=O) groups excluding carboxylic acids is 1. The predicted molar refractivity (Wildman–Crippen MR) is 110 cm³/mol. The van der Waals surface area contributed by atoms with E-state index in [9.17, 15) is 4.79 Å². The van der Waals surface area contributed by atoms with Crippen molar-refractivity contribution < 1.29 is 4.79 Å². The van der Waals surface area contributed by atoms with E-state index in [1.165, 1.54) is 24.0 Å². The zero-order chi connectivity index (χ0) is 18.4. The number of guanidine groups is 1. The fourth-order valence-corrected chi connectivity index (χ4v) is 3.55. The number of nitrogens with zero attached hydrogens (tertiary/aromatic N) is 1. The number of nitrogens with one attached hydrogen (secondary N) is 2. The summed E-state index contributed by atoms with van der Waals surface area (Å²) in [7, 11) is 0. The molecule has 136 valence electrons. The molecule has 0 aliphatic heterocycles. The van der Waals surface area contributed by atoms with E-state index in [-0.39, 0.29) is 5.91 Å². The molecule has 0 aromatic heterocycles. The summed E-state index contributed by atoms with van der Waals surface area (Å²) in [5.74, 6) is 0.255. The second-order valence-electron chi connectivity index (χ2n) is 6.31. The number of benzene rings is 2. The number of fused-ring (bicyclic) bond motifs is 1. The Hall–Kier alpha value is -2.34. The maximum Gasteiger partial charge on any atom is 0.251 e. The molecule has 0 saturated heterocycles. The number of halogens is 1. The minimum atomic E-state index is -0.120. The Labute approximate surface area is 162 Å². The predicted octanol–water partition coefficient (Wildman–Crippen LogP) is 3.48. The van der Waals surface area contributed by atoms with E-state index in [2.05, 4.69) is 43.7 Å². The molecule has 0 radical (unpaired) electrons. The maximum absolute atomic E-state index is 12.1. The van der Waals surface area contributed by atoms with Crippen LogP contribution in [0.25, 0.3) is 0 Å². The Morgan fingerprint density at radius 3 is 2.81 bits per heavy atom. The van der Waals surface area contributed by atoms with E-state index in [1.54, 1.807) is 12.1 Å². The molecule has 1 aliphatic rings. The van der Waals surface area contributed by atoms with E-state index in [0.717, 1.165) is 23.0 Å². The number of aliphatic imine (C=N–C) groups is 1. The van der Waals surface area contributed by atoms with Crippen LogP contribution in [0.15, 0.2) is 51.9 Å². The summed E-state index contributed by atoms with van der Waals surface area (Å²) in [6.07, 6.45) is 4.67. The molecule has 0 fully saturated rings. The van der Waals surface area contributed by atoms with Gasteiger partial charge in [-0.2, -0.15) is 0 Å². The normalized spacial score (nSPS) is 13.8. The fraction of sp³-hybridized carbons (Fsp3) is 0.300. The molecule has 3 rings (SSSR count). The van der Waals surface area contributed by atoms with Gasteiger partial charge >= 0.3 is 0 Å². The second-order valence-corrected chi connectivity index (χ2v) is 7.22. The highest BCUT2D eigenvalue weighted by Gasteiger charge is 2.13. The van der Waals surface area contributed by atoms with Crippen molar-refractivity contribution in [2.75, 3.05) is 18.4 Å². The zero-order valence-electron chi connectivity index (χ0n) is 14.6. The monoisotopic (exact) mass is 414 g/mol. The van der Waals surface area contributed by atoms with E-state index < -0.39 is 0 Å².